The van der Waals surface area contributed by atoms with Crippen LogP contribution in [-0.2, 0) is 9.53 Å². The summed E-state index contributed by atoms with van der Waals surface area (Å²) in [5.74, 6) is 3.82. The van der Waals surface area contributed by atoms with Crippen molar-refractivity contribution in [2.24, 2.45) is 5.73 Å². The Morgan fingerprint density at radius 1 is 1.45 bits per heavy atom. The third-order valence-electron chi connectivity index (χ3n) is 2.39. The van der Waals surface area contributed by atoms with E-state index in [1.807, 2.05) is 0 Å². The summed E-state index contributed by atoms with van der Waals surface area (Å²) in [6.45, 7) is 0.243. The van der Waals surface area contributed by atoms with Crippen molar-refractivity contribution in [3.63, 3.8) is 0 Å². The van der Waals surface area contributed by atoms with Crippen LogP contribution in [0.25, 0.3) is 0 Å². The van der Waals surface area contributed by atoms with E-state index in [0.29, 0.717) is 5.56 Å². The molecule has 20 heavy (non-hydrogen) atoms. The van der Waals surface area contributed by atoms with E-state index in [0.717, 1.165) is 6.07 Å². The van der Waals surface area contributed by atoms with Crippen molar-refractivity contribution in [3.8, 4) is 11.8 Å². The van der Waals surface area contributed by atoms with Gasteiger partial charge in [-0.15, -0.1) is 0 Å². The first-order chi connectivity index (χ1) is 9.58. The van der Waals surface area contributed by atoms with Crippen LogP contribution in [0.15, 0.2) is 18.2 Å². The fraction of sp³-hybridized carbons (Fsp3) is 0.286. The van der Waals surface area contributed by atoms with E-state index in [1.165, 1.54) is 19.2 Å². The van der Waals surface area contributed by atoms with Gasteiger partial charge in [-0.05, 0) is 18.2 Å². The molecule has 6 heteroatoms. The van der Waals surface area contributed by atoms with Crippen molar-refractivity contribution in [1.29, 1.82) is 0 Å². The van der Waals surface area contributed by atoms with E-state index in [2.05, 4.69) is 21.9 Å². The van der Waals surface area contributed by atoms with Gasteiger partial charge in [-0.25, -0.2) is 4.39 Å². The smallest absolute Gasteiger partial charge is 0.307 e. The third kappa shape index (κ3) is 4.71. The topological polar surface area (TPSA) is 81.4 Å². The lowest BCUT2D eigenvalue weighted by Gasteiger charge is -2.06. The number of carbonyl (C=O) groups is 2. The Morgan fingerprint density at radius 2 is 2.20 bits per heavy atom. The largest absolute Gasteiger partial charge is 0.469 e. The molecule has 0 heterocycles. The van der Waals surface area contributed by atoms with E-state index >= 15 is 0 Å². The van der Waals surface area contributed by atoms with Crippen LogP contribution in [0.5, 0.6) is 0 Å². The van der Waals surface area contributed by atoms with Gasteiger partial charge in [0.15, 0.2) is 0 Å². The van der Waals surface area contributed by atoms with Crippen LogP contribution in [0.4, 0.5) is 4.39 Å². The number of carbonyl (C=O) groups excluding carboxylic acids is 2. The monoisotopic (exact) mass is 278 g/mol. The molecule has 3 N–H and O–H groups in total. The highest BCUT2D eigenvalue weighted by Crippen LogP contribution is 2.10. The summed E-state index contributed by atoms with van der Waals surface area (Å²) in [6.07, 6.45) is 0.0430. The van der Waals surface area contributed by atoms with Crippen molar-refractivity contribution in [2.75, 3.05) is 20.2 Å². The van der Waals surface area contributed by atoms with Gasteiger partial charge >= 0.3 is 5.97 Å². The van der Waals surface area contributed by atoms with Crippen LogP contribution in [-0.4, -0.2) is 32.1 Å². The highest BCUT2D eigenvalue weighted by Gasteiger charge is 2.12. The zero-order valence-electron chi connectivity index (χ0n) is 11.0. The van der Waals surface area contributed by atoms with Crippen LogP contribution >= 0.6 is 0 Å². The van der Waals surface area contributed by atoms with Crippen molar-refractivity contribution < 1.29 is 18.7 Å². The normalized spacial score (nSPS) is 9.35. The molecule has 0 fully saturated rings. The van der Waals surface area contributed by atoms with Gasteiger partial charge in [0.1, 0.15) is 5.82 Å². The fourth-order valence-electron chi connectivity index (χ4n) is 1.43. The quantitative estimate of drug-likeness (QED) is 0.618. The first-order valence-corrected chi connectivity index (χ1v) is 5.92. The van der Waals surface area contributed by atoms with Gasteiger partial charge in [-0.1, -0.05) is 11.8 Å². The second-order valence-corrected chi connectivity index (χ2v) is 3.78. The molecule has 0 atom stereocenters. The van der Waals surface area contributed by atoms with Crippen molar-refractivity contribution in [2.45, 2.75) is 6.42 Å². The number of nitrogens with one attached hydrogen (secondary N) is 1. The van der Waals surface area contributed by atoms with Gasteiger partial charge in [0.2, 0.25) is 0 Å². The van der Waals surface area contributed by atoms with Crippen LogP contribution in [0.1, 0.15) is 22.3 Å². The predicted octanol–water partition coefficient (Wildman–Crippen LogP) is 0.429. The van der Waals surface area contributed by atoms with Crippen LogP contribution in [0.2, 0.25) is 0 Å². The molecule has 0 radical (unpaired) electrons. The van der Waals surface area contributed by atoms with E-state index in [1.54, 1.807) is 0 Å². The minimum Gasteiger partial charge on any atom is -0.469 e. The van der Waals surface area contributed by atoms with E-state index in [-0.39, 0.29) is 25.1 Å². The Kier molecular flexibility index (Phi) is 6.20. The van der Waals surface area contributed by atoms with E-state index in [9.17, 15) is 14.0 Å². The molecule has 0 aromatic heterocycles. The summed E-state index contributed by atoms with van der Waals surface area (Å²) in [5.41, 5.74) is 5.75. The van der Waals surface area contributed by atoms with Gasteiger partial charge < -0.3 is 15.8 Å². The second-order valence-electron chi connectivity index (χ2n) is 3.78. The summed E-state index contributed by atoms with van der Waals surface area (Å²) in [4.78, 5) is 22.8. The molecular formula is C14H15FN2O3. The average molecular weight is 278 g/mol. The number of halogens is 1. The van der Waals surface area contributed by atoms with Gasteiger partial charge in [-0.3, -0.25) is 9.59 Å². The number of rotatable bonds is 4. The number of ether oxygens (including phenoxy) is 1. The Morgan fingerprint density at radius 3 is 2.85 bits per heavy atom. The molecule has 1 rings (SSSR count). The van der Waals surface area contributed by atoms with E-state index < -0.39 is 17.7 Å². The number of hydrogen-bond donors (Lipinski definition) is 2. The number of esters is 1. The zero-order chi connectivity index (χ0) is 15.0. The lowest BCUT2D eigenvalue weighted by Crippen LogP contribution is -2.27. The van der Waals surface area contributed by atoms with Crippen LogP contribution < -0.4 is 11.1 Å². The molecule has 1 aromatic rings. The Labute approximate surface area is 116 Å². The molecule has 0 aliphatic carbocycles. The van der Waals surface area contributed by atoms with E-state index in [4.69, 9.17) is 5.73 Å². The number of amides is 1. The molecule has 5 nitrogen and oxygen atoms in total. The predicted molar refractivity (Wildman–Crippen MR) is 71.3 cm³/mol. The average Bonchev–Trinajstić information content (AvgIpc) is 2.45. The van der Waals surface area contributed by atoms with Crippen LogP contribution in [0.3, 0.4) is 0 Å². The highest BCUT2D eigenvalue weighted by molar-refractivity contribution is 5.96. The Hall–Kier alpha value is -2.39. The molecule has 0 unspecified atom stereocenters. The number of methoxy groups -OCH3 is 1. The molecule has 1 aromatic carbocycles. The van der Waals surface area contributed by atoms with Crippen LogP contribution in [0, 0.1) is 17.7 Å². The zero-order valence-corrected chi connectivity index (χ0v) is 11.0. The van der Waals surface area contributed by atoms with Gasteiger partial charge in [0, 0.05) is 12.1 Å². The number of benzene rings is 1. The van der Waals surface area contributed by atoms with Crippen molar-refractivity contribution >= 4 is 11.9 Å². The molecule has 106 valence electrons. The molecule has 0 aliphatic heterocycles. The number of hydrogen-bond acceptors (Lipinski definition) is 4. The molecule has 0 saturated carbocycles. The molecule has 0 spiro atoms. The molecule has 0 bridgehead atoms. The second kappa shape index (κ2) is 7.92. The van der Waals surface area contributed by atoms with Crippen molar-refractivity contribution in [1.82, 2.24) is 5.32 Å². The number of nitrogens with two attached hydrogens (primary N) is 1. The van der Waals surface area contributed by atoms with Crippen molar-refractivity contribution in [3.05, 3.63) is 35.1 Å². The van der Waals surface area contributed by atoms with Gasteiger partial charge in [0.05, 0.1) is 25.6 Å². The Bertz CT molecular complexity index is 561. The summed E-state index contributed by atoms with van der Waals surface area (Å²) in [7, 11) is 1.26. The Balaban J connectivity index is 2.80. The SMILES string of the molecule is COC(=O)CCNC(=O)c1cc(F)ccc1C#CCN. The molecule has 0 aliphatic rings. The summed E-state index contributed by atoms with van der Waals surface area (Å²) in [6, 6.07) is 3.72. The fourth-order valence-corrected chi connectivity index (χ4v) is 1.43. The first-order valence-electron chi connectivity index (χ1n) is 5.92. The maximum absolute atomic E-state index is 13.2. The summed E-state index contributed by atoms with van der Waals surface area (Å²) < 4.78 is 17.7. The minimum absolute atomic E-state index is 0.0430. The third-order valence-corrected chi connectivity index (χ3v) is 2.39. The maximum atomic E-state index is 13.2. The lowest BCUT2D eigenvalue weighted by molar-refractivity contribution is -0.140. The first kappa shape index (κ1) is 15.7. The van der Waals surface area contributed by atoms with Gasteiger partial charge in [-0.2, -0.15) is 0 Å². The summed E-state index contributed by atoms with van der Waals surface area (Å²) >= 11 is 0. The molecular weight excluding hydrogens is 263 g/mol. The highest BCUT2D eigenvalue weighted by atomic mass is 19.1. The lowest BCUT2D eigenvalue weighted by atomic mass is 10.1. The molecule has 1 amide bonds. The molecule has 0 saturated heterocycles. The maximum Gasteiger partial charge on any atom is 0.307 e. The summed E-state index contributed by atoms with van der Waals surface area (Å²) in [5, 5.41) is 2.50. The minimum atomic E-state index is -0.540. The van der Waals surface area contributed by atoms with Gasteiger partial charge in [0.25, 0.3) is 5.91 Å². The standard InChI is InChI=1S/C14H15FN2O3/c1-20-13(18)6-8-17-14(19)12-9-11(15)5-4-10(12)3-2-7-16/h4-5,9H,6-8,16H2,1H3,(H,17,19).